The lowest BCUT2D eigenvalue weighted by atomic mass is 10.3. The molecule has 78 valence electrons. The van der Waals surface area contributed by atoms with E-state index in [1.165, 1.54) is 25.1 Å². The average Bonchev–Trinajstić information content (AvgIpc) is 2.20. The molecule has 0 aliphatic carbocycles. The zero-order valence-electron chi connectivity index (χ0n) is 7.81. The summed E-state index contributed by atoms with van der Waals surface area (Å²) in [5.74, 6) is -0.0711. The third kappa shape index (κ3) is 2.58. The van der Waals surface area contributed by atoms with Crippen LogP contribution in [0.1, 0.15) is 6.92 Å². The molecule has 0 bridgehead atoms. The van der Waals surface area contributed by atoms with Gasteiger partial charge in [0.25, 0.3) is 0 Å². The van der Waals surface area contributed by atoms with E-state index in [1.807, 2.05) is 0 Å². The molecule has 1 aromatic carbocycles. The van der Waals surface area contributed by atoms with Crippen molar-refractivity contribution in [2.45, 2.75) is 13.0 Å². The number of nitrogens with zero attached hydrogens (tertiary/aromatic N) is 2. The van der Waals surface area contributed by atoms with Crippen molar-refractivity contribution in [2.75, 3.05) is 0 Å². The summed E-state index contributed by atoms with van der Waals surface area (Å²) in [7, 11) is 0. The lowest BCUT2D eigenvalue weighted by molar-refractivity contribution is -0.386. The monoisotopic (exact) mass is 226 g/mol. The summed E-state index contributed by atoms with van der Waals surface area (Å²) < 4.78 is 5.05. The van der Waals surface area contributed by atoms with Crippen LogP contribution in [0.5, 0.6) is 5.75 Å². The standard InChI is InChI=1S/C9H7ClN2O3/c1-6(5-11)15-9-7(10)3-2-4-8(9)12(13)14/h2-4,6H,1H3. The first-order valence-electron chi connectivity index (χ1n) is 4.05. The van der Waals surface area contributed by atoms with E-state index in [4.69, 9.17) is 21.6 Å². The molecule has 0 fully saturated rings. The highest BCUT2D eigenvalue weighted by molar-refractivity contribution is 6.32. The van der Waals surface area contributed by atoms with Crippen molar-refractivity contribution < 1.29 is 9.66 Å². The Morgan fingerprint density at radius 1 is 1.67 bits per heavy atom. The Hall–Kier alpha value is -1.80. The number of nitro benzene ring substituents is 1. The van der Waals surface area contributed by atoms with Gasteiger partial charge in [0.1, 0.15) is 6.07 Å². The normalized spacial score (nSPS) is 11.5. The molecule has 0 saturated carbocycles. The van der Waals surface area contributed by atoms with Crippen LogP contribution in [0.4, 0.5) is 5.69 Å². The Balaban J connectivity index is 3.14. The number of hydrogen-bond donors (Lipinski definition) is 0. The smallest absolute Gasteiger partial charge is 0.312 e. The third-order valence-electron chi connectivity index (χ3n) is 1.62. The molecule has 5 nitrogen and oxygen atoms in total. The quantitative estimate of drug-likeness (QED) is 0.586. The van der Waals surface area contributed by atoms with Gasteiger partial charge in [-0.1, -0.05) is 17.7 Å². The Morgan fingerprint density at radius 2 is 2.33 bits per heavy atom. The van der Waals surface area contributed by atoms with Gasteiger partial charge in [-0.25, -0.2) is 0 Å². The molecule has 6 heteroatoms. The number of nitriles is 1. The van der Waals surface area contributed by atoms with E-state index < -0.39 is 11.0 Å². The minimum absolute atomic E-state index is 0.0711. The molecule has 15 heavy (non-hydrogen) atoms. The average molecular weight is 227 g/mol. The van der Waals surface area contributed by atoms with Gasteiger partial charge in [-0.3, -0.25) is 10.1 Å². The Bertz CT molecular complexity index is 428. The van der Waals surface area contributed by atoms with Gasteiger partial charge in [-0.15, -0.1) is 0 Å². The Morgan fingerprint density at radius 3 is 2.87 bits per heavy atom. The number of hydrogen-bond acceptors (Lipinski definition) is 4. The van der Waals surface area contributed by atoms with Crippen LogP contribution in [-0.4, -0.2) is 11.0 Å². The van der Waals surface area contributed by atoms with Crippen LogP contribution >= 0.6 is 11.6 Å². The molecule has 0 N–H and O–H groups in total. The number of rotatable bonds is 3. The Labute approximate surface area is 91.0 Å². The van der Waals surface area contributed by atoms with Crippen LogP contribution in [0.15, 0.2) is 18.2 Å². The predicted molar refractivity (Wildman–Crippen MR) is 53.8 cm³/mol. The first-order chi connectivity index (χ1) is 7.06. The zero-order chi connectivity index (χ0) is 11.4. The van der Waals surface area contributed by atoms with Crippen molar-refractivity contribution in [3.8, 4) is 11.8 Å². The van der Waals surface area contributed by atoms with Gasteiger partial charge in [0.05, 0.1) is 9.95 Å². The molecule has 1 atom stereocenters. The molecule has 1 rings (SSSR count). The fourth-order valence-electron chi connectivity index (χ4n) is 0.961. The van der Waals surface area contributed by atoms with E-state index >= 15 is 0 Å². The Kier molecular flexibility index (Phi) is 3.47. The molecule has 0 amide bonds. The van der Waals surface area contributed by atoms with E-state index in [1.54, 1.807) is 6.07 Å². The molecule has 0 heterocycles. The molecule has 1 aromatic rings. The van der Waals surface area contributed by atoms with Crippen LogP contribution in [-0.2, 0) is 0 Å². The van der Waals surface area contributed by atoms with E-state index in [-0.39, 0.29) is 16.5 Å². The number of nitro groups is 1. The first kappa shape index (κ1) is 11.3. The highest BCUT2D eigenvalue weighted by atomic mass is 35.5. The molecule has 0 aromatic heterocycles. The molecular formula is C9H7ClN2O3. The zero-order valence-corrected chi connectivity index (χ0v) is 8.56. The van der Waals surface area contributed by atoms with E-state index in [0.717, 1.165) is 0 Å². The van der Waals surface area contributed by atoms with Crippen molar-refractivity contribution in [1.29, 1.82) is 5.26 Å². The summed E-state index contributed by atoms with van der Waals surface area (Å²) in [5.41, 5.74) is -0.246. The number of benzene rings is 1. The third-order valence-corrected chi connectivity index (χ3v) is 1.92. The van der Waals surface area contributed by atoms with Crippen molar-refractivity contribution in [3.05, 3.63) is 33.3 Å². The molecule has 0 aliphatic rings. The highest BCUT2D eigenvalue weighted by Crippen LogP contribution is 2.34. The van der Waals surface area contributed by atoms with Crippen LogP contribution < -0.4 is 4.74 Å². The summed E-state index contributed by atoms with van der Waals surface area (Å²) in [5, 5.41) is 19.3. The second-order valence-corrected chi connectivity index (χ2v) is 3.14. The maximum Gasteiger partial charge on any atom is 0.312 e. The van der Waals surface area contributed by atoms with Crippen molar-refractivity contribution in [3.63, 3.8) is 0 Å². The lowest BCUT2D eigenvalue weighted by Crippen LogP contribution is -2.09. The van der Waals surface area contributed by atoms with Gasteiger partial charge in [-0.2, -0.15) is 5.26 Å². The second-order valence-electron chi connectivity index (χ2n) is 2.73. The van der Waals surface area contributed by atoms with Gasteiger partial charge in [0.15, 0.2) is 6.10 Å². The van der Waals surface area contributed by atoms with E-state index in [0.29, 0.717) is 0 Å². The molecule has 0 aliphatic heterocycles. The van der Waals surface area contributed by atoms with E-state index in [9.17, 15) is 10.1 Å². The number of ether oxygens (including phenoxy) is 1. The van der Waals surface area contributed by atoms with E-state index in [2.05, 4.69) is 0 Å². The predicted octanol–water partition coefficient (Wildman–Crippen LogP) is 2.54. The molecular weight excluding hydrogens is 220 g/mol. The van der Waals surface area contributed by atoms with Crippen LogP contribution in [0.2, 0.25) is 5.02 Å². The summed E-state index contributed by atoms with van der Waals surface area (Å²) >= 11 is 5.74. The maximum absolute atomic E-state index is 10.6. The SMILES string of the molecule is CC(C#N)Oc1c(Cl)cccc1[N+](=O)[O-]. The van der Waals surface area contributed by atoms with Gasteiger partial charge < -0.3 is 4.74 Å². The van der Waals surface area contributed by atoms with Crippen LogP contribution in [0.3, 0.4) is 0 Å². The first-order valence-corrected chi connectivity index (χ1v) is 4.43. The minimum atomic E-state index is -0.788. The molecule has 0 spiro atoms. The summed E-state index contributed by atoms with van der Waals surface area (Å²) in [4.78, 5) is 10.0. The lowest BCUT2D eigenvalue weighted by Gasteiger charge is -2.08. The van der Waals surface area contributed by atoms with Crippen molar-refractivity contribution in [2.24, 2.45) is 0 Å². The van der Waals surface area contributed by atoms with Gasteiger partial charge in [0.2, 0.25) is 5.75 Å². The topological polar surface area (TPSA) is 76.2 Å². The highest BCUT2D eigenvalue weighted by Gasteiger charge is 2.19. The van der Waals surface area contributed by atoms with Gasteiger partial charge in [0, 0.05) is 6.07 Å². The summed E-state index contributed by atoms with van der Waals surface area (Å²) in [6.45, 7) is 1.48. The van der Waals surface area contributed by atoms with Crippen LogP contribution in [0.25, 0.3) is 0 Å². The molecule has 1 unspecified atom stereocenters. The molecule has 0 saturated heterocycles. The number of halogens is 1. The number of para-hydroxylation sites is 1. The maximum atomic E-state index is 10.6. The second kappa shape index (κ2) is 4.62. The van der Waals surface area contributed by atoms with Crippen molar-refractivity contribution in [1.82, 2.24) is 0 Å². The fourth-order valence-corrected chi connectivity index (χ4v) is 1.18. The largest absolute Gasteiger partial charge is 0.467 e. The summed E-state index contributed by atoms with van der Waals surface area (Å²) in [6.07, 6.45) is -0.788. The van der Waals surface area contributed by atoms with Gasteiger partial charge >= 0.3 is 5.69 Å². The molecule has 0 radical (unpaired) electrons. The van der Waals surface area contributed by atoms with Gasteiger partial charge in [-0.05, 0) is 13.0 Å². The van der Waals surface area contributed by atoms with Crippen molar-refractivity contribution >= 4 is 17.3 Å². The minimum Gasteiger partial charge on any atom is -0.467 e. The summed E-state index contributed by atoms with van der Waals surface area (Å²) in [6, 6.07) is 5.99. The fraction of sp³-hybridized carbons (Fsp3) is 0.222. The van der Waals surface area contributed by atoms with Crippen LogP contribution in [0, 0.1) is 21.4 Å².